The molecule has 2 amide bonds. The van der Waals surface area contributed by atoms with Gasteiger partial charge < -0.3 is 15.4 Å². The number of rotatable bonds is 2. The Morgan fingerprint density at radius 1 is 1.53 bits per heavy atom. The number of pyridine rings is 1. The lowest BCUT2D eigenvalue weighted by Gasteiger charge is -2.28. The Labute approximate surface area is 114 Å². The van der Waals surface area contributed by atoms with Crippen LogP contribution >= 0.6 is 11.6 Å². The highest BCUT2D eigenvalue weighted by atomic mass is 35.5. The van der Waals surface area contributed by atoms with Crippen LogP contribution in [0.15, 0.2) is 29.7 Å². The first-order valence-corrected chi connectivity index (χ1v) is 5.88. The minimum Gasteiger partial charge on any atom is -0.466 e. The molecule has 0 fully saturated rings. The summed E-state index contributed by atoms with van der Waals surface area (Å²) in [6, 6.07) is 0.592. The summed E-state index contributed by atoms with van der Waals surface area (Å²) in [5, 5.41) is 5.55. The third-order valence-corrected chi connectivity index (χ3v) is 3.11. The molecule has 0 bridgehead atoms. The van der Waals surface area contributed by atoms with Crippen LogP contribution in [0, 0.1) is 0 Å². The van der Waals surface area contributed by atoms with E-state index in [1.54, 1.807) is 19.2 Å². The van der Waals surface area contributed by atoms with Gasteiger partial charge in [-0.25, -0.2) is 9.59 Å². The Morgan fingerprint density at radius 3 is 2.89 bits per heavy atom. The molecule has 0 aliphatic carbocycles. The normalized spacial score (nSPS) is 18.7. The molecule has 0 saturated carbocycles. The Hall–Kier alpha value is -2.08. The number of amides is 2. The zero-order valence-corrected chi connectivity index (χ0v) is 11.1. The smallest absolute Gasteiger partial charge is 0.337 e. The van der Waals surface area contributed by atoms with Crippen LogP contribution < -0.4 is 10.6 Å². The van der Waals surface area contributed by atoms with Crippen molar-refractivity contribution >= 4 is 23.6 Å². The van der Waals surface area contributed by atoms with E-state index in [2.05, 4.69) is 15.6 Å². The lowest BCUT2D eigenvalue weighted by atomic mass is 9.96. The number of nitrogens with one attached hydrogen (secondary N) is 2. The van der Waals surface area contributed by atoms with Crippen molar-refractivity contribution in [2.24, 2.45) is 0 Å². The van der Waals surface area contributed by atoms with Gasteiger partial charge in [-0.2, -0.15) is 0 Å². The summed E-state index contributed by atoms with van der Waals surface area (Å²) >= 11 is 6.06. The van der Waals surface area contributed by atoms with Crippen LogP contribution in [0.2, 0.25) is 5.02 Å². The predicted molar refractivity (Wildman–Crippen MR) is 68.4 cm³/mol. The van der Waals surface area contributed by atoms with Crippen molar-refractivity contribution in [3.63, 3.8) is 0 Å². The van der Waals surface area contributed by atoms with Crippen molar-refractivity contribution in [1.29, 1.82) is 0 Å². The number of halogens is 1. The number of carbonyl (C=O) groups is 2. The summed E-state index contributed by atoms with van der Waals surface area (Å²) in [7, 11) is 1.28. The SMILES string of the molecule is COC(=O)C1=C(C)NC(=O)N[C@@H]1c1ccncc1Cl. The van der Waals surface area contributed by atoms with Crippen LogP contribution in [0.5, 0.6) is 0 Å². The summed E-state index contributed by atoms with van der Waals surface area (Å²) in [5.41, 5.74) is 1.34. The van der Waals surface area contributed by atoms with Gasteiger partial charge in [-0.1, -0.05) is 11.6 Å². The van der Waals surface area contributed by atoms with Crippen molar-refractivity contribution in [1.82, 2.24) is 15.6 Å². The molecule has 0 radical (unpaired) electrons. The van der Waals surface area contributed by atoms with Crippen LogP contribution in [0.1, 0.15) is 18.5 Å². The van der Waals surface area contributed by atoms with E-state index in [4.69, 9.17) is 16.3 Å². The number of carbonyl (C=O) groups excluding carboxylic acids is 2. The molecule has 1 aliphatic heterocycles. The molecule has 100 valence electrons. The van der Waals surface area contributed by atoms with Crippen LogP contribution in [-0.2, 0) is 9.53 Å². The van der Waals surface area contributed by atoms with Crippen LogP contribution in [0.3, 0.4) is 0 Å². The number of aromatic nitrogens is 1. The highest BCUT2D eigenvalue weighted by molar-refractivity contribution is 6.31. The standard InChI is InChI=1S/C12H12ClN3O3/c1-6-9(11(17)19-2)10(16-12(18)15-6)7-3-4-14-5-8(7)13/h3-5,10H,1-2H3,(H2,15,16,18)/t10-/m1/s1. The largest absolute Gasteiger partial charge is 0.466 e. The summed E-state index contributed by atoms with van der Waals surface area (Å²) in [4.78, 5) is 27.3. The molecule has 1 aromatic heterocycles. The van der Waals surface area contributed by atoms with E-state index in [1.807, 2.05) is 0 Å². The van der Waals surface area contributed by atoms with Gasteiger partial charge in [0.05, 0.1) is 23.7 Å². The molecule has 2 heterocycles. The monoisotopic (exact) mass is 281 g/mol. The molecule has 1 atom stereocenters. The Kier molecular flexibility index (Phi) is 3.71. The fraction of sp³-hybridized carbons (Fsp3) is 0.250. The summed E-state index contributed by atoms with van der Waals surface area (Å²) in [6.07, 6.45) is 2.99. The molecular formula is C12H12ClN3O3. The highest BCUT2D eigenvalue weighted by Gasteiger charge is 2.32. The summed E-state index contributed by atoms with van der Waals surface area (Å²) in [6.45, 7) is 1.63. The highest BCUT2D eigenvalue weighted by Crippen LogP contribution is 2.31. The molecule has 0 saturated heterocycles. The zero-order chi connectivity index (χ0) is 14.0. The second-order valence-corrected chi connectivity index (χ2v) is 4.37. The number of hydrogen-bond donors (Lipinski definition) is 2. The lowest BCUT2D eigenvalue weighted by Crippen LogP contribution is -2.45. The van der Waals surface area contributed by atoms with Crippen LogP contribution in [0.4, 0.5) is 4.79 Å². The molecule has 0 unspecified atom stereocenters. The minimum atomic E-state index is -0.656. The molecule has 1 aromatic rings. The average Bonchev–Trinajstić information content (AvgIpc) is 2.37. The van der Waals surface area contributed by atoms with Crippen LogP contribution in [0.25, 0.3) is 0 Å². The number of ether oxygens (including phenoxy) is 1. The minimum absolute atomic E-state index is 0.315. The van der Waals surface area contributed by atoms with Gasteiger partial charge in [0, 0.05) is 23.7 Å². The lowest BCUT2D eigenvalue weighted by molar-refractivity contribution is -0.136. The maximum Gasteiger partial charge on any atom is 0.337 e. The van der Waals surface area contributed by atoms with E-state index < -0.39 is 18.0 Å². The summed E-state index contributed by atoms with van der Waals surface area (Å²) < 4.78 is 4.74. The number of methoxy groups -OCH3 is 1. The first-order valence-electron chi connectivity index (χ1n) is 5.50. The van der Waals surface area contributed by atoms with Gasteiger partial charge in [-0.15, -0.1) is 0 Å². The molecule has 6 nitrogen and oxygen atoms in total. The molecule has 19 heavy (non-hydrogen) atoms. The molecular weight excluding hydrogens is 270 g/mol. The number of nitrogens with zero attached hydrogens (tertiary/aromatic N) is 1. The third-order valence-electron chi connectivity index (χ3n) is 2.79. The molecule has 1 aliphatic rings. The Morgan fingerprint density at radius 2 is 2.26 bits per heavy atom. The van der Waals surface area contributed by atoms with Gasteiger partial charge in [0.15, 0.2) is 0 Å². The maximum absolute atomic E-state index is 11.8. The van der Waals surface area contributed by atoms with E-state index in [0.29, 0.717) is 21.9 Å². The van der Waals surface area contributed by atoms with Gasteiger partial charge in [-0.3, -0.25) is 4.98 Å². The van der Waals surface area contributed by atoms with E-state index in [1.165, 1.54) is 13.3 Å². The number of esters is 1. The van der Waals surface area contributed by atoms with Crippen molar-refractivity contribution < 1.29 is 14.3 Å². The van der Waals surface area contributed by atoms with Crippen molar-refractivity contribution in [2.75, 3.05) is 7.11 Å². The third kappa shape index (κ3) is 2.53. The molecule has 2 N–H and O–H groups in total. The molecule has 2 rings (SSSR count). The van der Waals surface area contributed by atoms with Gasteiger partial charge in [-0.05, 0) is 13.0 Å². The fourth-order valence-electron chi connectivity index (χ4n) is 1.93. The van der Waals surface area contributed by atoms with Crippen molar-refractivity contribution in [2.45, 2.75) is 13.0 Å². The quantitative estimate of drug-likeness (QED) is 0.806. The maximum atomic E-state index is 11.8. The number of urea groups is 1. The average molecular weight is 282 g/mol. The molecule has 0 aromatic carbocycles. The van der Waals surface area contributed by atoms with E-state index in [-0.39, 0.29) is 0 Å². The van der Waals surface area contributed by atoms with E-state index in [0.717, 1.165) is 0 Å². The van der Waals surface area contributed by atoms with Crippen molar-refractivity contribution in [3.8, 4) is 0 Å². The van der Waals surface area contributed by atoms with Gasteiger partial charge >= 0.3 is 12.0 Å². The first-order chi connectivity index (χ1) is 9.04. The zero-order valence-electron chi connectivity index (χ0n) is 10.4. The van der Waals surface area contributed by atoms with E-state index >= 15 is 0 Å². The van der Waals surface area contributed by atoms with Gasteiger partial charge in [0.25, 0.3) is 0 Å². The van der Waals surface area contributed by atoms with E-state index in [9.17, 15) is 9.59 Å². The molecule has 7 heteroatoms. The summed E-state index contributed by atoms with van der Waals surface area (Å²) in [5.74, 6) is -0.525. The van der Waals surface area contributed by atoms with Crippen LogP contribution in [-0.4, -0.2) is 24.1 Å². The topological polar surface area (TPSA) is 80.3 Å². The second kappa shape index (κ2) is 5.27. The second-order valence-electron chi connectivity index (χ2n) is 3.96. The Bertz CT molecular complexity index is 571. The first kappa shape index (κ1) is 13.4. The van der Waals surface area contributed by atoms with Gasteiger partial charge in [0.2, 0.25) is 0 Å². The molecule has 0 spiro atoms. The predicted octanol–water partition coefficient (Wildman–Crippen LogP) is 1.54. The van der Waals surface area contributed by atoms with Gasteiger partial charge in [0.1, 0.15) is 0 Å². The number of hydrogen-bond acceptors (Lipinski definition) is 4. The van der Waals surface area contributed by atoms with Crippen molar-refractivity contribution in [3.05, 3.63) is 40.3 Å². The number of allylic oxidation sites excluding steroid dienone is 1. The Balaban J connectivity index is 2.53. The fourth-order valence-corrected chi connectivity index (χ4v) is 2.16.